The smallest absolute Gasteiger partial charge is 0.352 e. The van der Waals surface area contributed by atoms with Crippen molar-refractivity contribution in [2.75, 3.05) is 44.0 Å². The molecule has 6 N–H and O–H groups in total. The van der Waals surface area contributed by atoms with Crippen LogP contribution in [-0.2, 0) is 30.6 Å². The van der Waals surface area contributed by atoms with Gasteiger partial charge in [-0.1, -0.05) is 5.16 Å². The number of aromatic nitrogens is 3. The number of carbonyl (C=O) groups excluding carboxylic acids is 2. The predicted molar refractivity (Wildman–Crippen MR) is 157 cm³/mol. The summed E-state index contributed by atoms with van der Waals surface area (Å²) in [6.45, 7) is 4.36. The van der Waals surface area contributed by atoms with Crippen molar-refractivity contribution in [3.63, 3.8) is 0 Å². The zero-order valence-electron chi connectivity index (χ0n) is 23.8. The van der Waals surface area contributed by atoms with Gasteiger partial charge in [0, 0.05) is 53.8 Å². The van der Waals surface area contributed by atoms with Gasteiger partial charge in [0.2, 0.25) is 17.1 Å². The molecule has 43 heavy (non-hydrogen) atoms. The first-order chi connectivity index (χ1) is 20.3. The van der Waals surface area contributed by atoms with Gasteiger partial charge in [0.15, 0.2) is 24.1 Å². The molecule has 1 saturated heterocycles. The number of thioether (sulfide) groups is 1. The second kappa shape index (κ2) is 12.9. The molecule has 230 valence electrons. The molecular formula is C25H32N9O7S2+. The summed E-state index contributed by atoms with van der Waals surface area (Å²) in [5.74, 6) is -4.04. The number of fused-ring (bicyclic) bond motifs is 1. The number of oxime groups is 1. The Balaban J connectivity index is 1.48. The second-order valence-corrected chi connectivity index (χ2v) is 12.3. The Morgan fingerprint density at radius 2 is 1.98 bits per heavy atom. The van der Waals surface area contributed by atoms with Crippen molar-refractivity contribution in [1.82, 2.24) is 24.5 Å². The van der Waals surface area contributed by atoms with Crippen molar-refractivity contribution in [3.8, 4) is 0 Å². The van der Waals surface area contributed by atoms with E-state index in [0.29, 0.717) is 11.3 Å². The molecule has 0 aliphatic carbocycles. The highest BCUT2D eigenvalue weighted by Gasteiger charge is 2.55. The first-order valence-corrected chi connectivity index (χ1v) is 14.8. The van der Waals surface area contributed by atoms with Gasteiger partial charge in [-0.2, -0.15) is 9.36 Å². The fraction of sp³-hybridized carbons (Fsp3) is 0.440. The van der Waals surface area contributed by atoms with Gasteiger partial charge in [-0.25, -0.2) is 14.2 Å². The van der Waals surface area contributed by atoms with E-state index >= 15 is 0 Å². The molecule has 16 nitrogen and oxygen atoms in total. The first kappa shape index (κ1) is 31.6. The molecule has 2 aliphatic heterocycles. The van der Waals surface area contributed by atoms with Gasteiger partial charge in [-0.05, 0) is 27.9 Å². The van der Waals surface area contributed by atoms with Crippen LogP contribution in [0.1, 0.15) is 19.7 Å². The lowest BCUT2D eigenvalue weighted by Crippen LogP contribution is -2.71. The Morgan fingerprint density at radius 1 is 1.28 bits per heavy atom. The molecule has 4 rings (SSSR count). The Bertz CT molecular complexity index is 1470. The van der Waals surface area contributed by atoms with E-state index in [4.69, 9.17) is 10.6 Å². The van der Waals surface area contributed by atoms with E-state index in [1.54, 1.807) is 0 Å². The van der Waals surface area contributed by atoms with Gasteiger partial charge in [0.1, 0.15) is 17.1 Å². The number of hydrogen-bond donors (Lipinski definition) is 5. The third-order valence-corrected chi connectivity index (χ3v) is 8.32. The van der Waals surface area contributed by atoms with Crippen molar-refractivity contribution < 1.29 is 38.8 Å². The van der Waals surface area contributed by atoms with E-state index in [9.17, 15) is 29.4 Å². The SMILES string of the molecule is CN(C)CCNc1cc[n+](CC2=C(C(=O)O)N3C(=O)C(NC(=O)/C(=N\OC(C)(C)C(=O)O)c4nsc(N)n4)C3SC2)cc1. The Labute approximate surface area is 254 Å². The van der Waals surface area contributed by atoms with Crippen LogP contribution in [0.4, 0.5) is 10.8 Å². The largest absolute Gasteiger partial charge is 0.478 e. The van der Waals surface area contributed by atoms with Crippen LogP contribution in [0.25, 0.3) is 0 Å². The van der Waals surface area contributed by atoms with Crippen LogP contribution in [-0.4, -0.2) is 109 Å². The van der Waals surface area contributed by atoms with Gasteiger partial charge < -0.3 is 36.3 Å². The van der Waals surface area contributed by atoms with E-state index in [1.807, 2.05) is 43.2 Å². The number of carboxylic acid groups (broad SMARTS) is 2. The van der Waals surface area contributed by atoms with Crippen molar-refractivity contribution in [3.05, 3.63) is 41.6 Å². The molecule has 2 aliphatic rings. The molecule has 0 spiro atoms. The summed E-state index contributed by atoms with van der Waals surface area (Å²) in [7, 11) is 3.98. The molecule has 0 radical (unpaired) electrons. The summed E-state index contributed by atoms with van der Waals surface area (Å²) < 4.78 is 5.77. The summed E-state index contributed by atoms with van der Waals surface area (Å²) in [5, 5.41) is 28.2. The van der Waals surface area contributed by atoms with Gasteiger partial charge in [-0.3, -0.25) is 14.5 Å². The van der Waals surface area contributed by atoms with E-state index < -0.39 is 46.5 Å². The van der Waals surface area contributed by atoms with Crippen LogP contribution >= 0.6 is 23.3 Å². The number of nitrogen functional groups attached to an aromatic ring is 1. The summed E-state index contributed by atoms with van der Waals surface area (Å²) in [6, 6.07) is 2.70. The zero-order chi connectivity index (χ0) is 31.5. The normalized spacial score (nSPS) is 18.7. The highest BCUT2D eigenvalue weighted by molar-refractivity contribution is 8.00. The Hall–Kier alpha value is -4.29. The van der Waals surface area contributed by atoms with Crippen LogP contribution in [0.3, 0.4) is 0 Å². The zero-order valence-corrected chi connectivity index (χ0v) is 25.4. The van der Waals surface area contributed by atoms with E-state index in [0.717, 1.165) is 35.2 Å². The minimum Gasteiger partial charge on any atom is -0.478 e. The number of nitrogens with one attached hydrogen (secondary N) is 2. The van der Waals surface area contributed by atoms with Crippen LogP contribution < -0.4 is 20.9 Å². The van der Waals surface area contributed by atoms with Gasteiger partial charge in [0.25, 0.3) is 11.8 Å². The molecule has 4 heterocycles. The Kier molecular flexibility index (Phi) is 9.51. The number of carboxylic acids is 2. The molecular weight excluding hydrogens is 602 g/mol. The molecule has 0 saturated carbocycles. The lowest BCUT2D eigenvalue weighted by molar-refractivity contribution is -0.688. The summed E-state index contributed by atoms with van der Waals surface area (Å²) in [4.78, 5) is 62.3. The summed E-state index contributed by atoms with van der Waals surface area (Å²) >= 11 is 2.09. The van der Waals surface area contributed by atoms with Crippen molar-refractivity contribution in [1.29, 1.82) is 0 Å². The maximum Gasteiger partial charge on any atom is 0.352 e. The van der Waals surface area contributed by atoms with E-state index in [1.165, 1.54) is 25.6 Å². The average Bonchev–Trinajstić information content (AvgIpc) is 3.37. The third-order valence-electron chi connectivity index (χ3n) is 6.44. The molecule has 18 heteroatoms. The highest BCUT2D eigenvalue weighted by atomic mass is 32.2. The van der Waals surface area contributed by atoms with Crippen molar-refractivity contribution in [2.45, 2.75) is 37.4 Å². The minimum atomic E-state index is -1.78. The molecule has 0 bridgehead atoms. The number of pyridine rings is 1. The lowest BCUT2D eigenvalue weighted by atomic mass is 10.0. The number of anilines is 2. The number of nitrogens with two attached hydrogens (primary N) is 1. The number of nitrogens with zero attached hydrogens (tertiary/aromatic N) is 6. The number of carbonyl (C=O) groups is 4. The van der Waals surface area contributed by atoms with Crippen LogP contribution in [0.15, 0.2) is 41.0 Å². The van der Waals surface area contributed by atoms with E-state index in [2.05, 4.69) is 30.0 Å². The Morgan fingerprint density at radius 3 is 2.56 bits per heavy atom. The predicted octanol–water partition coefficient (Wildman–Crippen LogP) is -0.596. The highest BCUT2D eigenvalue weighted by Crippen LogP contribution is 2.40. The number of rotatable bonds is 13. The molecule has 2 aromatic heterocycles. The summed E-state index contributed by atoms with van der Waals surface area (Å²) in [5.41, 5.74) is 4.70. The van der Waals surface area contributed by atoms with Crippen LogP contribution in [0, 0.1) is 0 Å². The maximum atomic E-state index is 13.2. The number of β-lactam (4-membered cyclic amide) rings is 1. The van der Waals surface area contributed by atoms with Gasteiger partial charge >= 0.3 is 11.9 Å². The number of amides is 2. The summed E-state index contributed by atoms with van der Waals surface area (Å²) in [6.07, 6.45) is 3.66. The monoisotopic (exact) mass is 634 g/mol. The van der Waals surface area contributed by atoms with E-state index in [-0.39, 0.29) is 23.2 Å². The maximum absolute atomic E-state index is 13.2. The van der Waals surface area contributed by atoms with Crippen LogP contribution in [0.5, 0.6) is 0 Å². The fourth-order valence-corrected chi connectivity index (χ4v) is 5.82. The second-order valence-electron chi connectivity index (χ2n) is 10.4. The molecule has 1 fully saturated rings. The fourth-order valence-electron chi connectivity index (χ4n) is 4.05. The molecule has 2 amide bonds. The minimum absolute atomic E-state index is 0.0265. The quantitative estimate of drug-likeness (QED) is 0.0806. The number of likely N-dealkylation sites (N-methyl/N-ethyl adjacent to an activating group) is 1. The molecule has 2 aromatic rings. The first-order valence-electron chi connectivity index (χ1n) is 13.0. The van der Waals surface area contributed by atoms with Crippen molar-refractivity contribution in [2.24, 2.45) is 5.16 Å². The molecule has 0 aromatic carbocycles. The molecule has 2 atom stereocenters. The number of aliphatic carboxylic acids is 2. The van der Waals surface area contributed by atoms with Gasteiger partial charge in [0.05, 0.1) is 0 Å². The lowest BCUT2D eigenvalue weighted by Gasteiger charge is -2.49. The topological polar surface area (TPSA) is 217 Å². The average molecular weight is 635 g/mol. The van der Waals surface area contributed by atoms with Crippen LogP contribution in [0.2, 0.25) is 0 Å². The van der Waals surface area contributed by atoms with Crippen molar-refractivity contribution >= 4 is 63.6 Å². The standard InChI is InChI=1S/C25H31N9O7S2/c1-25(2,23(39)40)41-30-15(18-29-24(26)43-31-18)19(35)28-16-20(36)34-17(22(37)38)13(12-42-21(16)34)11-33-8-5-14(6-9-33)27-7-10-32(3)4/h5-6,8-9,16,21H,7,10-12H2,1-4H3,(H5,26,28,29,31,35,37,38,39,40)/p+1/b30-15-. The number of hydrogen-bond acceptors (Lipinski definition) is 13. The third kappa shape index (κ3) is 7.20. The van der Waals surface area contributed by atoms with Gasteiger partial charge in [-0.15, -0.1) is 11.8 Å². The molecule has 2 unspecified atom stereocenters.